The Bertz CT molecular complexity index is 2350. The maximum atomic E-state index is 13.5. The normalized spacial score (nSPS) is 21.2. The van der Waals surface area contributed by atoms with E-state index < -0.39 is 12.2 Å². The highest BCUT2D eigenvalue weighted by Gasteiger charge is 2.47. The van der Waals surface area contributed by atoms with E-state index in [0.717, 1.165) is 99.9 Å². The third-order valence-electron chi connectivity index (χ3n) is 11.7. The molecule has 3 aromatic carbocycles. The summed E-state index contributed by atoms with van der Waals surface area (Å²) in [6.45, 7) is 0.737. The lowest BCUT2D eigenvalue weighted by Gasteiger charge is -2.29. The van der Waals surface area contributed by atoms with E-state index in [2.05, 4.69) is 71.5 Å². The first-order chi connectivity index (χ1) is 26.8. The third kappa shape index (κ3) is 6.16. The molecule has 0 bridgehead atoms. The van der Waals surface area contributed by atoms with Crippen LogP contribution < -0.4 is 15.4 Å². The van der Waals surface area contributed by atoms with Gasteiger partial charge in [-0.3, -0.25) is 9.59 Å². The molecule has 55 heavy (non-hydrogen) atoms. The number of H-pyrrole nitrogens is 2. The Kier molecular flexibility index (Phi) is 8.78. The SMILES string of the molecule is COC(=O)NCC(=O)N1CCCC1c1ncc(-c2ccc3c(c2)COc2cc4c(ccc5[nH]c(C6C[C@@H]7CCC[C@@H]7N6C(=O)CNC(=O)OC)nc54)cc2-3)[nH]1. The van der Waals surface area contributed by atoms with Gasteiger partial charge in [-0.15, -0.1) is 0 Å². The number of aromatic nitrogens is 4. The molecule has 0 spiro atoms. The molecule has 2 unspecified atom stereocenters. The number of methoxy groups -OCH3 is 2. The molecule has 5 heterocycles. The van der Waals surface area contributed by atoms with Crippen LogP contribution in [0.25, 0.3) is 44.2 Å². The second kappa shape index (κ2) is 13.9. The van der Waals surface area contributed by atoms with Crippen molar-refractivity contribution < 1.29 is 33.4 Å². The number of aromatic amines is 2. The van der Waals surface area contributed by atoms with Crippen LogP contribution >= 0.6 is 0 Å². The third-order valence-corrected chi connectivity index (χ3v) is 11.7. The molecule has 4 atom stereocenters. The minimum Gasteiger partial charge on any atom is -0.488 e. The number of hydrogen-bond donors (Lipinski definition) is 4. The van der Waals surface area contributed by atoms with Crippen LogP contribution in [0.1, 0.15) is 67.8 Å². The van der Waals surface area contributed by atoms with Crippen molar-refractivity contribution >= 4 is 45.8 Å². The number of carbonyl (C=O) groups is 4. The van der Waals surface area contributed by atoms with Crippen molar-refractivity contribution in [1.82, 2.24) is 40.4 Å². The fourth-order valence-electron chi connectivity index (χ4n) is 9.16. The first-order valence-corrected chi connectivity index (χ1v) is 18.8. The number of likely N-dealkylation sites (tertiary alicyclic amines) is 2. The Morgan fingerprint density at radius 3 is 2.51 bits per heavy atom. The van der Waals surface area contributed by atoms with Crippen LogP contribution in [0.5, 0.6) is 5.75 Å². The minimum absolute atomic E-state index is 0.120. The zero-order chi connectivity index (χ0) is 37.8. The second-order valence-corrected chi connectivity index (χ2v) is 14.7. The Balaban J connectivity index is 0.966. The van der Waals surface area contributed by atoms with Crippen molar-refractivity contribution in [3.63, 3.8) is 0 Å². The van der Waals surface area contributed by atoms with Crippen LogP contribution in [0.3, 0.4) is 0 Å². The van der Waals surface area contributed by atoms with E-state index in [4.69, 9.17) is 9.72 Å². The maximum Gasteiger partial charge on any atom is 0.407 e. The van der Waals surface area contributed by atoms with Gasteiger partial charge in [0.15, 0.2) is 0 Å². The molecule has 5 aromatic rings. The van der Waals surface area contributed by atoms with Crippen molar-refractivity contribution in [2.45, 2.75) is 63.3 Å². The lowest BCUT2D eigenvalue weighted by Crippen LogP contribution is -2.44. The number of amides is 4. The van der Waals surface area contributed by atoms with Crippen molar-refractivity contribution in [1.29, 1.82) is 0 Å². The molecule has 15 heteroatoms. The predicted molar refractivity (Wildman–Crippen MR) is 201 cm³/mol. The fourth-order valence-corrected chi connectivity index (χ4v) is 9.16. The molecule has 1 saturated carbocycles. The van der Waals surface area contributed by atoms with Gasteiger partial charge in [0, 0.05) is 23.5 Å². The Morgan fingerprint density at radius 1 is 0.873 bits per heavy atom. The van der Waals surface area contributed by atoms with Crippen LogP contribution in [0.4, 0.5) is 9.59 Å². The molecule has 4 aliphatic rings. The van der Waals surface area contributed by atoms with Crippen molar-refractivity contribution in [2.75, 3.05) is 33.9 Å². The molecular weight excluding hydrogens is 704 g/mol. The van der Waals surface area contributed by atoms with Crippen LogP contribution in [0.15, 0.2) is 48.7 Å². The summed E-state index contributed by atoms with van der Waals surface area (Å²) in [5, 5.41) is 7.02. The monoisotopic (exact) mass is 746 g/mol. The number of hydrogen-bond acceptors (Lipinski definition) is 9. The van der Waals surface area contributed by atoms with Gasteiger partial charge in [0.05, 0.1) is 49.2 Å². The van der Waals surface area contributed by atoms with Gasteiger partial charge in [0.2, 0.25) is 11.8 Å². The van der Waals surface area contributed by atoms with E-state index in [1.165, 1.54) is 14.2 Å². The van der Waals surface area contributed by atoms with E-state index in [0.29, 0.717) is 24.9 Å². The van der Waals surface area contributed by atoms with E-state index in [-0.39, 0.29) is 43.0 Å². The van der Waals surface area contributed by atoms with Gasteiger partial charge in [0.1, 0.15) is 37.1 Å². The summed E-state index contributed by atoms with van der Waals surface area (Å²) in [5.74, 6) is 2.34. The van der Waals surface area contributed by atoms with Gasteiger partial charge >= 0.3 is 12.2 Å². The zero-order valence-electron chi connectivity index (χ0n) is 30.6. The summed E-state index contributed by atoms with van der Waals surface area (Å²) in [4.78, 5) is 70.0. The average molecular weight is 747 g/mol. The molecule has 3 fully saturated rings. The number of rotatable bonds is 7. The molecule has 0 radical (unpaired) electrons. The van der Waals surface area contributed by atoms with E-state index in [9.17, 15) is 19.2 Å². The summed E-state index contributed by atoms with van der Waals surface area (Å²) < 4.78 is 15.7. The van der Waals surface area contributed by atoms with Gasteiger partial charge in [-0.05, 0) is 84.4 Å². The minimum atomic E-state index is -0.641. The molecule has 2 aromatic heterocycles. The highest BCUT2D eigenvalue weighted by Crippen LogP contribution is 2.48. The maximum absolute atomic E-state index is 13.5. The molecule has 15 nitrogen and oxygen atoms in total. The highest BCUT2D eigenvalue weighted by molar-refractivity contribution is 6.07. The molecular formula is C40H42N8O7. The van der Waals surface area contributed by atoms with E-state index in [1.807, 2.05) is 11.0 Å². The molecule has 4 amide bonds. The standard InChI is InChI=1S/C40H42N8O7/c1-53-39(51)42-18-34(49)47-12-4-7-31(47)37-41-17-29(45-37)22-8-10-25-24(13-22)20-55-33-16-26-21(14-27(25)33)9-11-28-36(26)46-38(44-28)32-15-23-5-3-6-30(23)48(32)35(50)19-43-40(52)54-2/h8-11,13-14,16-17,23,30-32H,3-7,12,15,18-20H2,1-2H3,(H,41,45)(H,42,51)(H,43,52)(H,44,46)/t23-,30-,31?,32?/m0/s1. The summed E-state index contributed by atoms with van der Waals surface area (Å²) >= 11 is 0. The summed E-state index contributed by atoms with van der Waals surface area (Å²) in [5.41, 5.74) is 6.66. The molecule has 4 N–H and O–H groups in total. The number of imidazole rings is 2. The molecule has 3 aliphatic heterocycles. The van der Waals surface area contributed by atoms with Gasteiger partial charge in [-0.2, -0.15) is 0 Å². The van der Waals surface area contributed by atoms with Crippen LogP contribution in [0.2, 0.25) is 0 Å². The van der Waals surface area contributed by atoms with Gasteiger partial charge in [-0.25, -0.2) is 19.6 Å². The predicted octanol–water partition coefficient (Wildman–Crippen LogP) is 5.48. The Labute approximate surface area is 316 Å². The number of carbonyl (C=O) groups excluding carboxylic acids is 4. The summed E-state index contributed by atoms with van der Waals surface area (Å²) in [7, 11) is 2.55. The number of benzene rings is 3. The van der Waals surface area contributed by atoms with Crippen LogP contribution in [0, 0.1) is 5.92 Å². The largest absolute Gasteiger partial charge is 0.488 e. The Morgan fingerprint density at radius 2 is 1.69 bits per heavy atom. The average Bonchev–Trinajstić information content (AvgIpc) is 4.05. The fraction of sp³-hybridized carbons (Fsp3) is 0.400. The molecule has 2 saturated heterocycles. The quantitative estimate of drug-likeness (QED) is 0.167. The topological polar surface area (TPSA) is 184 Å². The lowest BCUT2D eigenvalue weighted by atomic mass is 9.92. The summed E-state index contributed by atoms with van der Waals surface area (Å²) in [6, 6.07) is 14.4. The Hall–Kier alpha value is -6.12. The van der Waals surface area contributed by atoms with Gasteiger partial charge in [0.25, 0.3) is 0 Å². The second-order valence-electron chi connectivity index (χ2n) is 14.7. The molecule has 1 aliphatic carbocycles. The van der Waals surface area contributed by atoms with Crippen molar-refractivity contribution in [2.24, 2.45) is 5.92 Å². The number of ether oxygens (including phenoxy) is 3. The number of nitrogens with zero attached hydrogens (tertiary/aromatic N) is 4. The summed E-state index contributed by atoms with van der Waals surface area (Å²) in [6.07, 6.45) is 6.10. The number of alkyl carbamates (subject to hydrolysis) is 2. The zero-order valence-corrected chi connectivity index (χ0v) is 30.6. The smallest absolute Gasteiger partial charge is 0.407 e. The van der Waals surface area contributed by atoms with E-state index in [1.54, 1.807) is 11.1 Å². The lowest BCUT2D eigenvalue weighted by molar-refractivity contribution is -0.133. The molecule has 284 valence electrons. The van der Waals surface area contributed by atoms with E-state index >= 15 is 0 Å². The highest BCUT2D eigenvalue weighted by atomic mass is 16.5. The first kappa shape index (κ1) is 34.6. The van der Waals surface area contributed by atoms with Crippen LogP contribution in [-0.4, -0.2) is 93.6 Å². The van der Waals surface area contributed by atoms with Crippen LogP contribution in [-0.2, 0) is 25.7 Å². The number of fused-ring (bicyclic) bond motifs is 7. The van der Waals surface area contributed by atoms with Crippen molar-refractivity contribution in [3.8, 4) is 28.1 Å². The van der Waals surface area contributed by atoms with Gasteiger partial charge in [-0.1, -0.05) is 24.6 Å². The van der Waals surface area contributed by atoms with Gasteiger partial charge < -0.3 is 44.6 Å². The number of nitrogens with one attached hydrogen (secondary N) is 4. The van der Waals surface area contributed by atoms with Crippen molar-refractivity contribution in [3.05, 3.63) is 65.9 Å². The first-order valence-electron chi connectivity index (χ1n) is 18.8. The molecule has 9 rings (SSSR count).